The predicted octanol–water partition coefficient (Wildman–Crippen LogP) is 0.565. The highest BCUT2D eigenvalue weighted by Crippen LogP contribution is 2.09. The van der Waals surface area contributed by atoms with E-state index in [4.69, 9.17) is 5.26 Å². The van der Waals surface area contributed by atoms with Crippen LogP contribution in [0.2, 0.25) is 0 Å². The predicted molar refractivity (Wildman–Crippen MR) is 76.0 cm³/mol. The molecule has 6 nitrogen and oxygen atoms in total. The number of nitrogens with one attached hydrogen (secondary N) is 2. The van der Waals surface area contributed by atoms with Crippen molar-refractivity contribution in [2.24, 2.45) is 0 Å². The lowest BCUT2D eigenvalue weighted by Crippen LogP contribution is -2.34. The fraction of sp³-hybridized carbons (Fsp3) is 0.357. The van der Waals surface area contributed by atoms with Gasteiger partial charge in [0.1, 0.15) is 0 Å². The molecule has 0 aliphatic rings. The van der Waals surface area contributed by atoms with E-state index in [-0.39, 0.29) is 18.4 Å². The summed E-state index contributed by atoms with van der Waals surface area (Å²) in [6.45, 7) is 0.760. The van der Waals surface area contributed by atoms with Crippen molar-refractivity contribution < 1.29 is 9.59 Å². The first-order chi connectivity index (χ1) is 9.55. The molecule has 106 valence electrons. The molecule has 0 aliphatic heterocycles. The Morgan fingerprint density at radius 1 is 1.25 bits per heavy atom. The first kappa shape index (κ1) is 15.7. The van der Waals surface area contributed by atoms with Gasteiger partial charge in [0, 0.05) is 25.7 Å². The van der Waals surface area contributed by atoms with E-state index < -0.39 is 0 Å². The van der Waals surface area contributed by atoms with Crippen LogP contribution in [0.5, 0.6) is 0 Å². The number of amides is 2. The molecule has 0 atom stereocenters. The van der Waals surface area contributed by atoms with Crippen LogP contribution in [0.15, 0.2) is 24.3 Å². The van der Waals surface area contributed by atoms with Crippen molar-refractivity contribution in [1.29, 1.82) is 5.26 Å². The third kappa shape index (κ3) is 5.50. The molecule has 6 heteroatoms. The highest BCUT2D eigenvalue weighted by molar-refractivity contribution is 5.90. The summed E-state index contributed by atoms with van der Waals surface area (Å²) in [4.78, 5) is 24.6. The molecule has 0 bridgehead atoms. The quantitative estimate of drug-likeness (QED) is 0.794. The van der Waals surface area contributed by atoms with Gasteiger partial charge in [0.05, 0.1) is 18.2 Å². The Morgan fingerprint density at radius 3 is 2.45 bits per heavy atom. The van der Waals surface area contributed by atoms with Crippen molar-refractivity contribution in [2.45, 2.75) is 6.42 Å². The summed E-state index contributed by atoms with van der Waals surface area (Å²) in [6.07, 6.45) is 0.299. The van der Waals surface area contributed by atoms with E-state index in [1.807, 2.05) is 6.07 Å². The number of hydrogen-bond acceptors (Lipinski definition) is 4. The molecular formula is C14H18N4O2. The summed E-state index contributed by atoms with van der Waals surface area (Å²) >= 11 is 0. The molecule has 0 aliphatic carbocycles. The Morgan fingerprint density at radius 2 is 1.90 bits per heavy atom. The number of nitrogens with zero attached hydrogens (tertiary/aromatic N) is 2. The summed E-state index contributed by atoms with van der Waals surface area (Å²) < 4.78 is 0. The zero-order valence-corrected chi connectivity index (χ0v) is 11.6. The van der Waals surface area contributed by atoms with Gasteiger partial charge in [0.15, 0.2) is 0 Å². The molecule has 2 N–H and O–H groups in total. The highest BCUT2D eigenvalue weighted by atomic mass is 16.2. The largest absolute Gasteiger partial charge is 0.358 e. The standard InChI is InChI=1S/C14H18N4O2/c1-16-14(20)10-18(2)8-7-13(19)17-12-5-3-11(9-15)4-6-12/h3-6H,7-8,10H2,1-2H3,(H,16,20)(H,17,19). The second-order valence-electron chi connectivity index (χ2n) is 4.40. The molecule has 0 saturated carbocycles. The van der Waals surface area contributed by atoms with Crippen LogP contribution in [0.1, 0.15) is 12.0 Å². The third-order valence-corrected chi connectivity index (χ3v) is 2.71. The number of nitriles is 1. The van der Waals surface area contributed by atoms with Gasteiger partial charge < -0.3 is 10.6 Å². The second-order valence-corrected chi connectivity index (χ2v) is 4.40. The zero-order chi connectivity index (χ0) is 15.0. The lowest BCUT2D eigenvalue weighted by Gasteiger charge is -2.15. The topological polar surface area (TPSA) is 85.2 Å². The van der Waals surface area contributed by atoms with Gasteiger partial charge in [-0.05, 0) is 31.3 Å². The Hall–Kier alpha value is -2.39. The van der Waals surface area contributed by atoms with Crippen LogP contribution in [-0.4, -0.2) is 43.9 Å². The molecule has 2 amide bonds. The van der Waals surface area contributed by atoms with Gasteiger partial charge in [-0.25, -0.2) is 0 Å². The SMILES string of the molecule is CNC(=O)CN(C)CCC(=O)Nc1ccc(C#N)cc1. The Balaban J connectivity index is 2.36. The van der Waals surface area contributed by atoms with Crippen molar-refractivity contribution in [2.75, 3.05) is 32.5 Å². The summed E-state index contributed by atoms with van der Waals surface area (Å²) in [5, 5.41) is 13.9. The zero-order valence-electron chi connectivity index (χ0n) is 11.6. The monoisotopic (exact) mass is 274 g/mol. The average molecular weight is 274 g/mol. The number of carbonyl (C=O) groups excluding carboxylic acids is 2. The average Bonchev–Trinajstić information content (AvgIpc) is 2.45. The van der Waals surface area contributed by atoms with E-state index in [1.165, 1.54) is 0 Å². The molecule has 1 aromatic carbocycles. The highest BCUT2D eigenvalue weighted by Gasteiger charge is 2.08. The number of benzene rings is 1. The smallest absolute Gasteiger partial charge is 0.233 e. The van der Waals surface area contributed by atoms with Crippen molar-refractivity contribution in [3.05, 3.63) is 29.8 Å². The van der Waals surface area contributed by atoms with Crippen LogP contribution < -0.4 is 10.6 Å². The minimum Gasteiger partial charge on any atom is -0.358 e. The van der Waals surface area contributed by atoms with Crippen molar-refractivity contribution in [3.8, 4) is 6.07 Å². The second kappa shape index (κ2) is 7.92. The molecule has 0 fully saturated rings. The van der Waals surface area contributed by atoms with Crippen LogP contribution in [0.25, 0.3) is 0 Å². The summed E-state index contributed by atoms with van der Waals surface area (Å²) in [5.74, 6) is -0.210. The van der Waals surface area contributed by atoms with Crippen molar-refractivity contribution in [3.63, 3.8) is 0 Å². The fourth-order valence-electron chi connectivity index (χ4n) is 1.55. The fourth-order valence-corrected chi connectivity index (χ4v) is 1.55. The van der Waals surface area contributed by atoms with E-state index in [1.54, 1.807) is 43.3 Å². The van der Waals surface area contributed by atoms with Crippen LogP contribution in [0.4, 0.5) is 5.69 Å². The minimum absolute atomic E-state index is 0.0833. The summed E-state index contributed by atoms with van der Waals surface area (Å²) in [7, 11) is 3.36. The summed E-state index contributed by atoms with van der Waals surface area (Å²) in [6, 6.07) is 8.68. The van der Waals surface area contributed by atoms with Crippen LogP contribution in [0.3, 0.4) is 0 Å². The normalized spacial score (nSPS) is 9.90. The minimum atomic E-state index is -0.126. The Bertz CT molecular complexity index is 505. The van der Waals surface area contributed by atoms with Crippen LogP contribution >= 0.6 is 0 Å². The van der Waals surface area contributed by atoms with E-state index in [2.05, 4.69) is 10.6 Å². The third-order valence-electron chi connectivity index (χ3n) is 2.71. The van der Waals surface area contributed by atoms with Crippen LogP contribution in [0, 0.1) is 11.3 Å². The maximum Gasteiger partial charge on any atom is 0.233 e. The van der Waals surface area contributed by atoms with E-state index in [0.717, 1.165) is 0 Å². The molecule has 0 aromatic heterocycles. The van der Waals surface area contributed by atoms with Gasteiger partial charge in [0.2, 0.25) is 11.8 Å². The number of carbonyl (C=O) groups is 2. The van der Waals surface area contributed by atoms with Gasteiger partial charge in [-0.1, -0.05) is 0 Å². The maximum absolute atomic E-state index is 11.7. The molecule has 0 heterocycles. The van der Waals surface area contributed by atoms with Gasteiger partial charge in [-0.15, -0.1) is 0 Å². The number of likely N-dealkylation sites (N-methyl/N-ethyl adjacent to an activating group) is 2. The van der Waals surface area contributed by atoms with E-state index in [0.29, 0.717) is 24.2 Å². The number of anilines is 1. The molecule has 0 saturated heterocycles. The van der Waals surface area contributed by atoms with Gasteiger partial charge >= 0.3 is 0 Å². The van der Waals surface area contributed by atoms with Crippen molar-refractivity contribution >= 4 is 17.5 Å². The molecular weight excluding hydrogens is 256 g/mol. The Kier molecular flexibility index (Phi) is 6.20. The first-order valence-electron chi connectivity index (χ1n) is 6.24. The lowest BCUT2D eigenvalue weighted by atomic mass is 10.2. The molecule has 0 radical (unpaired) electrons. The summed E-state index contributed by atoms with van der Waals surface area (Å²) in [5.41, 5.74) is 1.20. The molecule has 1 rings (SSSR count). The lowest BCUT2D eigenvalue weighted by molar-refractivity contribution is -0.122. The van der Waals surface area contributed by atoms with Gasteiger partial charge in [-0.2, -0.15) is 5.26 Å². The molecule has 1 aromatic rings. The maximum atomic E-state index is 11.7. The van der Waals surface area contributed by atoms with Crippen molar-refractivity contribution in [1.82, 2.24) is 10.2 Å². The Labute approximate surface area is 118 Å². The molecule has 0 spiro atoms. The van der Waals surface area contributed by atoms with E-state index >= 15 is 0 Å². The first-order valence-corrected chi connectivity index (χ1v) is 6.24. The van der Waals surface area contributed by atoms with Gasteiger partial charge in [0.25, 0.3) is 0 Å². The van der Waals surface area contributed by atoms with E-state index in [9.17, 15) is 9.59 Å². The molecule has 20 heavy (non-hydrogen) atoms. The van der Waals surface area contributed by atoms with Gasteiger partial charge in [-0.3, -0.25) is 14.5 Å². The molecule has 0 unspecified atom stereocenters. The van der Waals surface area contributed by atoms with Crippen LogP contribution in [-0.2, 0) is 9.59 Å². The number of rotatable bonds is 6. The number of hydrogen-bond donors (Lipinski definition) is 2.